The van der Waals surface area contributed by atoms with Crippen molar-refractivity contribution >= 4 is 46.1 Å². The van der Waals surface area contributed by atoms with E-state index in [-0.39, 0.29) is 24.1 Å². The molecule has 0 spiro atoms. The van der Waals surface area contributed by atoms with Crippen LogP contribution in [0.15, 0.2) is 54.9 Å². The van der Waals surface area contributed by atoms with Crippen molar-refractivity contribution in [1.82, 2.24) is 30.0 Å². The first-order valence-electron chi connectivity index (χ1n) is 16.4. The minimum Gasteiger partial charge on any atom is -0.453 e. The van der Waals surface area contributed by atoms with Crippen LogP contribution in [0, 0.1) is 5.82 Å². The van der Waals surface area contributed by atoms with Crippen molar-refractivity contribution in [2.45, 2.75) is 52.2 Å². The van der Waals surface area contributed by atoms with Crippen molar-refractivity contribution < 1.29 is 28.6 Å². The van der Waals surface area contributed by atoms with Crippen LogP contribution in [0.2, 0.25) is 0 Å². The number of amides is 4. The molecule has 2 saturated heterocycles. The zero-order valence-electron chi connectivity index (χ0n) is 28.3. The van der Waals surface area contributed by atoms with Gasteiger partial charge in [-0.2, -0.15) is 0 Å². The molecule has 0 unspecified atom stereocenters. The number of rotatable bonds is 10. The van der Waals surface area contributed by atoms with Gasteiger partial charge in [-0.15, -0.1) is 11.3 Å². The fourth-order valence-corrected chi connectivity index (χ4v) is 6.48. The van der Waals surface area contributed by atoms with Crippen molar-refractivity contribution in [3.63, 3.8) is 0 Å². The lowest BCUT2D eigenvalue weighted by Gasteiger charge is -2.36. The highest BCUT2D eigenvalue weighted by atomic mass is 32.1. The lowest BCUT2D eigenvalue weighted by molar-refractivity contribution is -0.122. The molecule has 4 aromatic rings. The van der Waals surface area contributed by atoms with Gasteiger partial charge in [-0.3, -0.25) is 24.5 Å². The molecule has 3 N–H and O–H groups in total. The van der Waals surface area contributed by atoms with E-state index in [1.165, 1.54) is 23.5 Å². The first-order chi connectivity index (χ1) is 23.8. The number of carbonyl (C=O) groups is 3. The van der Waals surface area contributed by atoms with Crippen LogP contribution in [0.3, 0.4) is 0 Å². The lowest BCUT2D eigenvalue weighted by atomic mass is 10.0. The van der Waals surface area contributed by atoms with Crippen molar-refractivity contribution in [2.24, 2.45) is 0 Å². The Morgan fingerprint density at radius 1 is 1.10 bits per heavy atom. The van der Waals surface area contributed by atoms with Crippen LogP contribution in [0.4, 0.5) is 14.9 Å². The van der Waals surface area contributed by atoms with Crippen molar-refractivity contribution in [3.05, 3.63) is 66.2 Å². The van der Waals surface area contributed by atoms with E-state index < -0.39 is 11.8 Å². The first-order valence-corrected chi connectivity index (χ1v) is 17.2. The van der Waals surface area contributed by atoms with E-state index in [0.29, 0.717) is 24.9 Å². The second kappa shape index (κ2) is 18.2. The maximum atomic E-state index is 15.0. The number of ether oxygens (including phenoxy) is 1. The number of aromatic nitrogens is 2. The fourth-order valence-electron chi connectivity index (χ4n) is 5.44. The SMILES string of the molecule is CC.CCO.CN(C=O)C1CCN(Cc2ccc(-c3cc4nccc(Oc5ccc(NC(=O)NC6CN(C=O)C6)cc5F)c4s3)nc2)CC1. The number of aliphatic hydroxyl groups is 1. The van der Waals surface area contributed by atoms with Crippen LogP contribution in [0.5, 0.6) is 11.5 Å². The van der Waals surface area contributed by atoms with Crippen molar-refractivity contribution in [2.75, 3.05) is 45.2 Å². The summed E-state index contributed by atoms with van der Waals surface area (Å²) in [5.41, 5.74) is 2.94. The Bertz CT molecular complexity index is 1670. The molecule has 2 aliphatic heterocycles. The summed E-state index contributed by atoms with van der Waals surface area (Å²) in [5, 5.41) is 12.9. The molecule has 12 nitrogen and oxygen atoms in total. The summed E-state index contributed by atoms with van der Waals surface area (Å²) in [4.78, 5) is 49.7. The molecule has 0 bridgehead atoms. The number of halogens is 1. The largest absolute Gasteiger partial charge is 0.453 e. The number of pyridine rings is 2. The highest BCUT2D eigenvalue weighted by Crippen LogP contribution is 2.39. The summed E-state index contributed by atoms with van der Waals surface area (Å²) in [6, 6.07) is 11.6. The topological polar surface area (TPSA) is 140 Å². The molecule has 14 heteroatoms. The Morgan fingerprint density at radius 2 is 1.84 bits per heavy atom. The molecule has 0 saturated carbocycles. The summed E-state index contributed by atoms with van der Waals surface area (Å²) < 4.78 is 21.7. The van der Waals surface area contributed by atoms with Gasteiger partial charge in [-0.1, -0.05) is 19.9 Å². The number of piperidine rings is 1. The Balaban J connectivity index is 0.00000103. The van der Waals surface area contributed by atoms with Crippen LogP contribution in [-0.2, 0) is 16.1 Å². The van der Waals surface area contributed by atoms with Crippen LogP contribution in [-0.4, -0.2) is 101 Å². The molecule has 5 heterocycles. The summed E-state index contributed by atoms with van der Waals surface area (Å²) in [6.07, 6.45) is 7.08. The van der Waals surface area contributed by atoms with E-state index in [2.05, 4.69) is 26.6 Å². The highest BCUT2D eigenvalue weighted by molar-refractivity contribution is 7.22. The van der Waals surface area contributed by atoms with Crippen LogP contribution in [0.25, 0.3) is 20.8 Å². The average molecular weight is 694 g/mol. The van der Waals surface area contributed by atoms with Gasteiger partial charge < -0.3 is 30.3 Å². The van der Waals surface area contributed by atoms with Gasteiger partial charge in [-0.05, 0) is 49.6 Å². The highest BCUT2D eigenvalue weighted by Gasteiger charge is 2.27. The average Bonchev–Trinajstić information content (AvgIpc) is 3.54. The van der Waals surface area contributed by atoms with Gasteiger partial charge in [0.25, 0.3) is 0 Å². The number of likely N-dealkylation sites (tertiary alicyclic amines) is 2. The molecule has 2 fully saturated rings. The number of benzene rings is 1. The minimum absolute atomic E-state index is 0.0170. The monoisotopic (exact) mass is 693 g/mol. The number of urea groups is 1. The first kappa shape index (κ1) is 37.2. The van der Waals surface area contributed by atoms with Crippen molar-refractivity contribution in [3.8, 4) is 22.1 Å². The molecule has 3 aromatic heterocycles. The molecule has 0 aliphatic carbocycles. The quantitative estimate of drug-likeness (QED) is 0.190. The maximum absolute atomic E-state index is 15.0. The van der Waals surface area contributed by atoms with Crippen molar-refractivity contribution in [1.29, 1.82) is 0 Å². The summed E-state index contributed by atoms with van der Waals surface area (Å²) in [5.74, 6) is -0.144. The normalized spacial score (nSPS) is 14.8. The molecule has 49 heavy (non-hydrogen) atoms. The van der Waals surface area contributed by atoms with Gasteiger partial charge in [0.1, 0.15) is 5.75 Å². The number of hydrogen-bond acceptors (Lipinski definition) is 9. The second-order valence-electron chi connectivity index (χ2n) is 11.4. The fraction of sp³-hybridized carbons (Fsp3) is 0.400. The van der Waals surface area contributed by atoms with Crippen LogP contribution >= 0.6 is 11.3 Å². The predicted octanol–water partition coefficient (Wildman–Crippen LogP) is 5.33. The molecular formula is C35H44FN7O5S. The number of anilines is 1. The summed E-state index contributed by atoms with van der Waals surface area (Å²) in [7, 11) is 1.84. The van der Waals surface area contributed by atoms with Crippen LogP contribution in [0.1, 0.15) is 39.2 Å². The standard InChI is InChI=1S/C31H32FN7O4S.C2H6O.C2H6/c1-37(18-40)23-7-10-38(11-8-23)15-20-2-4-25(34-14-20)29-13-26-30(44-29)28(6-9-33-26)43-27-5-3-21(12-24(27)32)35-31(42)36-22-16-39(17-22)19-41;1-2-3;1-2/h2-6,9,12-14,18-19,22-23H,7-8,10-11,15-17H2,1H3,(H2,35,36,42);3H,2H2,1H3;1-2H3. The number of fused-ring (bicyclic) bond motifs is 1. The van der Waals surface area contributed by atoms with E-state index >= 15 is 0 Å². The number of thiophene rings is 1. The zero-order valence-corrected chi connectivity index (χ0v) is 29.1. The molecule has 0 radical (unpaired) electrons. The third kappa shape index (κ3) is 9.94. The number of nitrogens with zero attached hydrogens (tertiary/aromatic N) is 5. The third-order valence-electron chi connectivity index (χ3n) is 7.96. The van der Waals surface area contributed by atoms with Gasteiger partial charge in [0.15, 0.2) is 11.6 Å². The van der Waals surface area contributed by atoms with Gasteiger partial charge in [-0.25, -0.2) is 9.18 Å². The molecule has 6 rings (SSSR count). The molecular weight excluding hydrogens is 649 g/mol. The van der Waals surface area contributed by atoms with Gasteiger partial charge in [0.2, 0.25) is 12.8 Å². The maximum Gasteiger partial charge on any atom is 0.319 e. The number of hydrogen-bond donors (Lipinski definition) is 3. The predicted molar refractivity (Wildman–Crippen MR) is 189 cm³/mol. The smallest absolute Gasteiger partial charge is 0.319 e. The Labute approximate surface area is 289 Å². The molecule has 1 aromatic carbocycles. The lowest BCUT2D eigenvalue weighted by Crippen LogP contribution is -2.59. The van der Waals surface area contributed by atoms with E-state index in [1.54, 1.807) is 35.1 Å². The molecule has 2 aliphatic rings. The van der Waals surface area contributed by atoms with E-state index in [0.717, 1.165) is 71.6 Å². The number of nitrogens with one attached hydrogen (secondary N) is 2. The third-order valence-corrected chi connectivity index (χ3v) is 9.12. The van der Waals surface area contributed by atoms with Gasteiger partial charge >= 0.3 is 6.03 Å². The Morgan fingerprint density at radius 3 is 2.47 bits per heavy atom. The van der Waals surface area contributed by atoms with Gasteiger partial charge in [0.05, 0.1) is 26.8 Å². The molecule has 4 amide bonds. The zero-order chi connectivity index (χ0) is 35.3. The van der Waals surface area contributed by atoms with E-state index in [1.807, 2.05) is 39.2 Å². The van der Waals surface area contributed by atoms with E-state index in [9.17, 15) is 18.8 Å². The van der Waals surface area contributed by atoms with E-state index in [4.69, 9.17) is 14.8 Å². The summed E-state index contributed by atoms with van der Waals surface area (Å²) >= 11 is 1.47. The second-order valence-corrected chi connectivity index (χ2v) is 12.4. The minimum atomic E-state index is -0.627. The van der Waals surface area contributed by atoms with Crippen LogP contribution < -0.4 is 15.4 Å². The molecule has 262 valence electrons. The summed E-state index contributed by atoms with van der Waals surface area (Å²) in [6.45, 7) is 9.52. The molecule has 0 atom stereocenters. The number of carbonyl (C=O) groups excluding carboxylic acids is 3. The number of aliphatic hydroxyl groups excluding tert-OH is 1. The Kier molecular flexibility index (Phi) is 13.8. The van der Waals surface area contributed by atoms with Gasteiger partial charge in [0, 0.05) is 82.6 Å². The Hall–Kier alpha value is -4.66.